The Morgan fingerprint density at radius 2 is 1.61 bits per heavy atom. The van der Waals surface area contributed by atoms with Crippen LogP contribution in [0.5, 0.6) is 5.75 Å². The van der Waals surface area contributed by atoms with E-state index in [1.54, 1.807) is 7.11 Å². The smallest absolute Gasteiger partial charge is 0.119 e. The second kappa shape index (κ2) is 10.6. The molecule has 1 saturated heterocycles. The number of likely N-dealkylation sites (tertiary alicyclic amines) is 1. The van der Waals surface area contributed by atoms with Crippen LogP contribution in [-0.2, 0) is 13.0 Å². The molecule has 1 atom stereocenters. The molecule has 4 aromatic carbocycles. The van der Waals surface area contributed by atoms with Crippen LogP contribution in [0.4, 0.5) is 0 Å². The second-order valence-electron chi connectivity index (χ2n) is 10.8. The Hall–Kier alpha value is -3.69. The summed E-state index contributed by atoms with van der Waals surface area (Å²) in [5.74, 6) is 0.893. The van der Waals surface area contributed by atoms with Gasteiger partial charge in [-0.25, -0.2) is 0 Å². The highest BCUT2D eigenvalue weighted by Crippen LogP contribution is 2.38. The quantitative estimate of drug-likeness (QED) is 0.115. The molecule has 3 nitrogen and oxygen atoms in total. The van der Waals surface area contributed by atoms with Crippen molar-refractivity contribution in [3.05, 3.63) is 108 Å². The fourth-order valence-electron chi connectivity index (χ4n) is 6.47. The number of rotatable bonds is 9. The number of pyridine rings is 1. The Kier molecular flexibility index (Phi) is 6.86. The number of aromatic nitrogens is 1. The second-order valence-corrected chi connectivity index (χ2v) is 10.8. The third-order valence-electron chi connectivity index (χ3n) is 8.64. The normalized spacial score (nSPS) is 15.7. The van der Waals surface area contributed by atoms with Gasteiger partial charge in [0.05, 0.1) is 31.8 Å². The number of hydrogen-bond acceptors (Lipinski definition) is 2. The lowest BCUT2D eigenvalue weighted by atomic mass is 9.89. The highest BCUT2D eigenvalue weighted by atomic mass is 16.5. The number of fused-ring (bicyclic) bond motifs is 3. The van der Waals surface area contributed by atoms with Crippen LogP contribution in [0.25, 0.3) is 32.4 Å². The van der Waals surface area contributed by atoms with Gasteiger partial charge in [-0.15, -0.1) is 0 Å². The molecule has 0 N–H and O–H groups in total. The molecule has 5 aromatic rings. The summed E-state index contributed by atoms with van der Waals surface area (Å²) in [5.41, 5.74) is 3.92. The van der Waals surface area contributed by atoms with Crippen LogP contribution in [0.2, 0.25) is 0 Å². The predicted molar refractivity (Wildman–Crippen MR) is 160 cm³/mol. The summed E-state index contributed by atoms with van der Waals surface area (Å²) in [5, 5.41) is 6.70. The summed E-state index contributed by atoms with van der Waals surface area (Å²) >= 11 is 0. The van der Waals surface area contributed by atoms with E-state index in [1.165, 1.54) is 57.6 Å². The van der Waals surface area contributed by atoms with Gasteiger partial charge in [-0.2, -0.15) is 0 Å². The average Bonchev–Trinajstić information content (AvgIpc) is 2.94. The zero-order valence-electron chi connectivity index (χ0n) is 22.6. The predicted octanol–water partition coefficient (Wildman–Crippen LogP) is 8.24. The van der Waals surface area contributed by atoms with Gasteiger partial charge in [-0.05, 0) is 63.9 Å². The topological polar surface area (TPSA) is 22.1 Å². The lowest BCUT2D eigenvalue weighted by Gasteiger charge is -2.51. The number of methoxy groups -OCH3 is 1. The van der Waals surface area contributed by atoms with Crippen LogP contribution in [0, 0.1) is 0 Å². The van der Waals surface area contributed by atoms with Crippen LogP contribution in [0.3, 0.4) is 0 Å². The summed E-state index contributed by atoms with van der Waals surface area (Å²) in [4.78, 5) is 4.66. The molecule has 2 heterocycles. The monoisotopic (exact) mass is 501 g/mol. The van der Waals surface area contributed by atoms with Crippen molar-refractivity contribution in [3.63, 3.8) is 0 Å². The summed E-state index contributed by atoms with van der Waals surface area (Å²) in [7, 11) is 1.74. The maximum atomic E-state index is 5.58. The number of benzene rings is 4. The SMILES string of the molecule is CC/C=C\CC(Cc1ccnc2ccc(OC)cc12)[N+]1(Cc2c3ccccc3cc3ccccc23)CCC1. The highest BCUT2D eigenvalue weighted by Gasteiger charge is 2.43. The lowest BCUT2D eigenvalue weighted by molar-refractivity contribution is -0.996. The molecular weight excluding hydrogens is 464 g/mol. The van der Waals surface area contributed by atoms with Gasteiger partial charge in [-0.1, -0.05) is 67.6 Å². The molecule has 1 aliphatic heterocycles. The molecule has 1 aromatic heterocycles. The third-order valence-corrected chi connectivity index (χ3v) is 8.64. The van der Waals surface area contributed by atoms with Gasteiger partial charge in [-0.3, -0.25) is 4.98 Å². The van der Waals surface area contributed by atoms with E-state index in [2.05, 4.69) is 96.9 Å². The van der Waals surface area contributed by atoms with E-state index < -0.39 is 0 Å². The van der Waals surface area contributed by atoms with E-state index in [1.807, 2.05) is 12.3 Å². The lowest BCUT2D eigenvalue weighted by Crippen LogP contribution is -2.63. The maximum Gasteiger partial charge on any atom is 0.119 e. The molecule has 1 aliphatic rings. The molecule has 0 amide bonds. The van der Waals surface area contributed by atoms with Gasteiger partial charge in [0.25, 0.3) is 0 Å². The fourth-order valence-corrected chi connectivity index (χ4v) is 6.47. The van der Waals surface area contributed by atoms with E-state index in [-0.39, 0.29) is 0 Å². The van der Waals surface area contributed by atoms with Crippen molar-refractivity contribution in [2.75, 3.05) is 20.2 Å². The van der Waals surface area contributed by atoms with Gasteiger partial charge in [0, 0.05) is 36.4 Å². The molecule has 0 spiro atoms. The molecule has 6 rings (SSSR count). The molecule has 3 heteroatoms. The minimum Gasteiger partial charge on any atom is -0.497 e. The first-order valence-corrected chi connectivity index (χ1v) is 14.0. The molecule has 0 aliphatic carbocycles. The number of nitrogens with zero attached hydrogens (tertiary/aromatic N) is 2. The van der Waals surface area contributed by atoms with Crippen molar-refractivity contribution < 1.29 is 9.22 Å². The van der Waals surface area contributed by atoms with Crippen LogP contribution in [0.15, 0.2) is 97.2 Å². The van der Waals surface area contributed by atoms with E-state index in [0.717, 1.165) is 41.6 Å². The average molecular weight is 502 g/mol. The summed E-state index contributed by atoms with van der Waals surface area (Å²) in [6.45, 7) is 5.76. The van der Waals surface area contributed by atoms with Crippen LogP contribution in [0.1, 0.15) is 37.3 Å². The van der Waals surface area contributed by atoms with E-state index >= 15 is 0 Å². The van der Waals surface area contributed by atoms with E-state index in [9.17, 15) is 0 Å². The standard InChI is InChI=1S/C35H37N2O/c1-3-4-5-13-29(23-28-18-19-36-35-17-16-30(38-2)24-33(28)35)37(20-10-21-37)25-34-31-14-8-6-11-26(31)22-27-12-7-9-15-32(27)34/h4-9,11-12,14-19,22,24,29H,3,10,13,20-21,23,25H2,1-2H3/q+1/b5-4-. The molecule has 38 heavy (non-hydrogen) atoms. The first-order valence-electron chi connectivity index (χ1n) is 14.0. The van der Waals surface area contributed by atoms with Crippen LogP contribution < -0.4 is 4.74 Å². The molecule has 0 saturated carbocycles. The Labute approximate surface area is 226 Å². The number of quaternary nitrogens is 1. The fraction of sp³-hybridized carbons (Fsp3) is 0.286. The zero-order valence-corrected chi connectivity index (χ0v) is 22.6. The minimum atomic E-state index is 0.501. The Morgan fingerprint density at radius 3 is 2.26 bits per heavy atom. The van der Waals surface area contributed by atoms with Gasteiger partial charge in [0.2, 0.25) is 0 Å². The molecule has 1 fully saturated rings. The van der Waals surface area contributed by atoms with Crippen molar-refractivity contribution in [3.8, 4) is 5.75 Å². The molecule has 192 valence electrons. The van der Waals surface area contributed by atoms with Gasteiger partial charge in [0.1, 0.15) is 12.3 Å². The summed E-state index contributed by atoms with van der Waals surface area (Å²) in [6, 6.07) is 29.2. The van der Waals surface area contributed by atoms with Crippen LogP contribution in [-0.4, -0.2) is 35.7 Å². The highest BCUT2D eigenvalue weighted by molar-refractivity contribution is 6.02. The largest absolute Gasteiger partial charge is 0.497 e. The van der Waals surface area contributed by atoms with Gasteiger partial charge >= 0.3 is 0 Å². The zero-order chi connectivity index (χ0) is 26.0. The third kappa shape index (κ3) is 4.56. The van der Waals surface area contributed by atoms with Crippen molar-refractivity contribution in [2.45, 2.75) is 45.2 Å². The van der Waals surface area contributed by atoms with Crippen LogP contribution >= 0.6 is 0 Å². The Bertz CT molecular complexity index is 1560. The maximum absolute atomic E-state index is 5.58. The Balaban J connectivity index is 1.44. The van der Waals surface area contributed by atoms with E-state index in [0.29, 0.717) is 6.04 Å². The van der Waals surface area contributed by atoms with Crippen molar-refractivity contribution >= 4 is 32.4 Å². The van der Waals surface area contributed by atoms with Crippen molar-refractivity contribution in [1.29, 1.82) is 0 Å². The van der Waals surface area contributed by atoms with Crippen molar-refractivity contribution in [2.24, 2.45) is 0 Å². The summed E-state index contributed by atoms with van der Waals surface area (Å²) < 4.78 is 6.72. The van der Waals surface area contributed by atoms with Gasteiger partial charge < -0.3 is 9.22 Å². The van der Waals surface area contributed by atoms with E-state index in [4.69, 9.17) is 4.74 Å². The molecular formula is C35H37N2O+. The number of ether oxygens (including phenoxy) is 1. The van der Waals surface area contributed by atoms with Gasteiger partial charge in [0.15, 0.2) is 0 Å². The minimum absolute atomic E-state index is 0.501. The number of hydrogen-bond donors (Lipinski definition) is 0. The molecule has 0 bridgehead atoms. The first kappa shape index (κ1) is 24.6. The summed E-state index contributed by atoms with van der Waals surface area (Å²) in [6.07, 6.45) is 11.2. The number of allylic oxidation sites excluding steroid dienone is 1. The molecule has 0 radical (unpaired) electrons. The molecule has 1 unspecified atom stereocenters. The first-order chi connectivity index (χ1) is 18.7. The Morgan fingerprint density at radius 1 is 0.868 bits per heavy atom. The van der Waals surface area contributed by atoms with Crippen molar-refractivity contribution in [1.82, 2.24) is 4.98 Å².